The topological polar surface area (TPSA) is 51.0 Å². The molecule has 1 heterocycles. The summed E-state index contributed by atoms with van der Waals surface area (Å²) in [6, 6.07) is 4.72. The molecule has 1 aromatic carbocycles. The van der Waals surface area contributed by atoms with Crippen molar-refractivity contribution in [1.82, 2.24) is 15.5 Å². The van der Waals surface area contributed by atoms with E-state index in [9.17, 15) is 4.39 Å². The van der Waals surface area contributed by atoms with Crippen LogP contribution in [0.25, 0.3) is 11.5 Å². The highest BCUT2D eigenvalue weighted by atomic mass is 79.9. The van der Waals surface area contributed by atoms with E-state index in [0.29, 0.717) is 22.3 Å². The van der Waals surface area contributed by atoms with Crippen LogP contribution in [0.1, 0.15) is 26.7 Å². The average molecular weight is 342 g/mol. The summed E-state index contributed by atoms with van der Waals surface area (Å²) in [4.78, 5) is 0. The van der Waals surface area contributed by atoms with Gasteiger partial charge in [0.25, 0.3) is 5.89 Å². The minimum atomic E-state index is -0.387. The van der Waals surface area contributed by atoms with E-state index >= 15 is 0 Å². The third kappa shape index (κ3) is 3.86. The zero-order chi connectivity index (χ0) is 14.8. The third-order valence-electron chi connectivity index (χ3n) is 2.64. The van der Waals surface area contributed by atoms with E-state index in [-0.39, 0.29) is 17.2 Å². The molecule has 0 saturated carbocycles. The lowest BCUT2D eigenvalue weighted by atomic mass is 10.1. The molecule has 0 radical (unpaired) electrons. The molecule has 1 aromatic heterocycles. The smallest absolute Gasteiger partial charge is 0.251 e. The summed E-state index contributed by atoms with van der Waals surface area (Å²) in [5.74, 6) is 0.301. The second kappa shape index (κ2) is 6.01. The molecule has 108 valence electrons. The second-order valence-electron chi connectivity index (χ2n) is 5.52. The van der Waals surface area contributed by atoms with Gasteiger partial charge in [-0.1, -0.05) is 6.07 Å². The molecule has 0 atom stereocenters. The van der Waals surface area contributed by atoms with E-state index in [4.69, 9.17) is 4.42 Å². The number of benzene rings is 1. The summed E-state index contributed by atoms with van der Waals surface area (Å²) in [7, 11) is 0. The predicted molar refractivity (Wildman–Crippen MR) is 78.9 cm³/mol. The quantitative estimate of drug-likeness (QED) is 0.923. The Morgan fingerprint density at radius 1 is 1.30 bits per heavy atom. The summed E-state index contributed by atoms with van der Waals surface area (Å²) in [5, 5.41) is 11.2. The summed E-state index contributed by atoms with van der Waals surface area (Å²) in [6.07, 6.45) is 0.607. The van der Waals surface area contributed by atoms with Crippen molar-refractivity contribution in [3.8, 4) is 11.5 Å². The van der Waals surface area contributed by atoms with Crippen LogP contribution < -0.4 is 5.32 Å². The van der Waals surface area contributed by atoms with Gasteiger partial charge in [-0.3, -0.25) is 0 Å². The van der Waals surface area contributed by atoms with Crippen molar-refractivity contribution < 1.29 is 8.81 Å². The maximum atomic E-state index is 13.8. The van der Waals surface area contributed by atoms with Crippen LogP contribution in [0.3, 0.4) is 0 Å². The van der Waals surface area contributed by atoms with Crippen LogP contribution in [0.4, 0.5) is 4.39 Å². The van der Waals surface area contributed by atoms with E-state index in [1.165, 1.54) is 6.07 Å². The highest BCUT2D eigenvalue weighted by Gasteiger charge is 2.16. The molecular formula is C14H17BrFN3O. The van der Waals surface area contributed by atoms with Gasteiger partial charge < -0.3 is 9.73 Å². The number of nitrogens with zero attached hydrogens (tertiary/aromatic N) is 2. The van der Waals surface area contributed by atoms with Gasteiger partial charge in [0.2, 0.25) is 5.89 Å². The van der Waals surface area contributed by atoms with Gasteiger partial charge in [-0.25, -0.2) is 4.39 Å². The third-order valence-corrected chi connectivity index (χ3v) is 3.30. The molecule has 4 nitrogen and oxygen atoms in total. The van der Waals surface area contributed by atoms with Crippen LogP contribution in [0.5, 0.6) is 0 Å². The molecule has 1 N–H and O–H groups in total. The SMILES string of the molecule is CC(C)(C)NCCc1nnc(-c2c(F)cccc2Br)o1. The minimum Gasteiger partial charge on any atom is -0.421 e. The van der Waals surface area contributed by atoms with Crippen molar-refractivity contribution >= 4 is 15.9 Å². The molecule has 0 aliphatic rings. The largest absolute Gasteiger partial charge is 0.421 e. The summed E-state index contributed by atoms with van der Waals surface area (Å²) < 4.78 is 19.9. The minimum absolute atomic E-state index is 0.0391. The van der Waals surface area contributed by atoms with Gasteiger partial charge in [0.1, 0.15) is 5.82 Å². The van der Waals surface area contributed by atoms with Crippen molar-refractivity contribution in [2.24, 2.45) is 0 Å². The van der Waals surface area contributed by atoms with E-state index in [1.807, 2.05) is 0 Å². The van der Waals surface area contributed by atoms with Crippen molar-refractivity contribution in [1.29, 1.82) is 0 Å². The Hall–Kier alpha value is -1.27. The first-order valence-electron chi connectivity index (χ1n) is 6.38. The molecule has 2 aromatic rings. The number of halogens is 2. The molecule has 0 bridgehead atoms. The molecule has 0 amide bonds. The average Bonchev–Trinajstić information content (AvgIpc) is 2.75. The number of hydrogen-bond donors (Lipinski definition) is 1. The molecule has 0 fully saturated rings. The Bertz CT molecular complexity index is 572. The molecule has 6 heteroatoms. The van der Waals surface area contributed by atoms with Gasteiger partial charge in [-0.05, 0) is 48.8 Å². The fourth-order valence-electron chi connectivity index (χ4n) is 1.70. The van der Waals surface area contributed by atoms with E-state index in [2.05, 4.69) is 52.2 Å². The molecule has 0 aliphatic heterocycles. The predicted octanol–water partition coefficient (Wildman–Crippen LogP) is 3.57. The lowest BCUT2D eigenvalue weighted by molar-refractivity contribution is 0.411. The van der Waals surface area contributed by atoms with E-state index < -0.39 is 0 Å². The van der Waals surface area contributed by atoms with Gasteiger partial charge in [0.05, 0.1) is 5.56 Å². The summed E-state index contributed by atoms with van der Waals surface area (Å²) in [6.45, 7) is 6.98. The first kappa shape index (κ1) is 15.1. The first-order valence-corrected chi connectivity index (χ1v) is 7.18. The van der Waals surface area contributed by atoms with Gasteiger partial charge in [-0.15, -0.1) is 10.2 Å². The van der Waals surface area contributed by atoms with E-state index in [1.54, 1.807) is 12.1 Å². The number of nitrogens with one attached hydrogen (secondary N) is 1. The van der Waals surface area contributed by atoms with Gasteiger partial charge in [-0.2, -0.15) is 0 Å². The highest BCUT2D eigenvalue weighted by Crippen LogP contribution is 2.29. The van der Waals surface area contributed by atoms with Gasteiger partial charge in [0.15, 0.2) is 0 Å². The van der Waals surface area contributed by atoms with Gasteiger partial charge in [0, 0.05) is 23.0 Å². The molecule has 0 unspecified atom stereocenters. The first-order chi connectivity index (χ1) is 9.37. The van der Waals surface area contributed by atoms with Gasteiger partial charge >= 0.3 is 0 Å². The Kier molecular flexibility index (Phi) is 4.55. The Morgan fingerprint density at radius 2 is 2.05 bits per heavy atom. The normalized spacial score (nSPS) is 11.8. The lowest BCUT2D eigenvalue weighted by Crippen LogP contribution is -2.37. The van der Waals surface area contributed by atoms with Crippen LogP contribution in [0, 0.1) is 5.82 Å². The molecule has 2 rings (SSSR count). The fourth-order valence-corrected chi connectivity index (χ4v) is 2.21. The van der Waals surface area contributed by atoms with Crippen molar-refractivity contribution in [3.05, 3.63) is 34.4 Å². The summed E-state index contributed by atoms with van der Waals surface area (Å²) in [5.41, 5.74) is 0.340. The monoisotopic (exact) mass is 341 g/mol. The van der Waals surface area contributed by atoms with Crippen molar-refractivity contribution in [2.45, 2.75) is 32.7 Å². The number of rotatable bonds is 4. The van der Waals surface area contributed by atoms with Crippen LogP contribution in [0.15, 0.2) is 27.1 Å². The summed E-state index contributed by atoms with van der Waals surface area (Å²) >= 11 is 3.29. The molecule has 0 aliphatic carbocycles. The Morgan fingerprint density at radius 3 is 2.70 bits per heavy atom. The second-order valence-corrected chi connectivity index (χ2v) is 6.38. The zero-order valence-corrected chi connectivity index (χ0v) is 13.3. The van der Waals surface area contributed by atoms with Crippen LogP contribution in [-0.4, -0.2) is 22.3 Å². The maximum absolute atomic E-state index is 13.8. The highest BCUT2D eigenvalue weighted by molar-refractivity contribution is 9.10. The van der Waals surface area contributed by atoms with E-state index in [0.717, 1.165) is 6.54 Å². The Labute approximate surface area is 125 Å². The molecule has 0 spiro atoms. The maximum Gasteiger partial charge on any atom is 0.251 e. The number of aromatic nitrogens is 2. The van der Waals surface area contributed by atoms with Crippen molar-refractivity contribution in [2.75, 3.05) is 6.54 Å². The molecular weight excluding hydrogens is 325 g/mol. The Balaban J connectivity index is 2.09. The van der Waals surface area contributed by atoms with Crippen LogP contribution >= 0.6 is 15.9 Å². The standard InChI is InChI=1S/C14H17BrFN3O/c1-14(2,3)17-8-7-11-18-19-13(20-11)12-9(15)5-4-6-10(12)16/h4-6,17H,7-8H2,1-3H3. The zero-order valence-electron chi connectivity index (χ0n) is 11.7. The lowest BCUT2D eigenvalue weighted by Gasteiger charge is -2.19. The molecule has 20 heavy (non-hydrogen) atoms. The van der Waals surface area contributed by atoms with Crippen LogP contribution in [-0.2, 0) is 6.42 Å². The fraction of sp³-hybridized carbons (Fsp3) is 0.429. The molecule has 0 saturated heterocycles. The number of hydrogen-bond acceptors (Lipinski definition) is 4. The van der Waals surface area contributed by atoms with Crippen LogP contribution in [0.2, 0.25) is 0 Å². The van der Waals surface area contributed by atoms with Crippen molar-refractivity contribution in [3.63, 3.8) is 0 Å².